The molecule has 4 nitrogen and oxygen atoms in total. The fourth-order valence-electron chi connectivity index (χ4n) is 2.65. The van der Waals surface area contributed by atoms with Crippen molar-refractivity contribution in [2.45, 2.75) is 5.92 Å². The average molecular weight is 266 g/mol. The maximum Gasteiger partial charge on any atom is 0.222 e. The molecule has 2 atom stereocenters. The number of carbonyl (C=O) groups is 1. The van der Waals surface area contributed by atoms with Crippen LogP contribution in [0.5, 0.6) is 0 Å². The first-order valence-corrected chi connectivity index (χ1v) is 6.38. The van der Waals surface area contributed by atoms with E-state index < -0.39 is 0 Å². The number of primary amides is 1. The topological polar surface area (TPSA) is 55.6 Å². The second-order valence-corrected chi connectivity index (χ2v) is 4.92. The lowest BCUT2D eigenvalue weighted by Gasteiger charge is -2.16. The molecule has 104 valence electrons. The number of ether oxygens (including phenoxy) is 1. The minimum absolute atomic E-state index is 0.0370. The standard InChI is InChI=1S/C14H19FN2O2/c1-19-6-5-17-8-12(13(9-17)14(16)18)10-3-2-4-11(15)7-10/h2-4,7,12-13H,5-6,8-9H2,1H3,(H2,16,18). The van der Waals surface area contributed by atoms with Crippen LogP contribution in [0.15, 0.2) is 24.3 Å². The summed E-state index contributed by atoms with van der Waals surface area (Å²) in [6.45, 7) is 2.69. The largest absolute Gasteiger partial charge is 0.383 e. The van der Waals surface area contributed by atoms with Gasteiger partial charge in [-0.25, -0.2) is 4.39 Å². The molecule has 0 aliphatic carbocycles. The molecule has 1 amide bonds. The Balaban J connectivity index is 2.15. The van der Waals surface area contributed by atoms with Gasteiger partial charge in [0.2, 0.25) is 5.91 Å². The minimum Gasteiger partial charge on any atom is -0.383 e. The van der Waals surface area contributed by atoms with Gasteiger partial charge < -0.3 is 10.5 Å². The molecule has 2 N–H and O–H groups in total. The number of likely N-dealkylation sites (tertiary alicyclic amines) is 1. The zero-order valence-corrected chi connectivity index (χ0v) is 11.0. The van der Waals surface area contributed by atoms with Crippen molar-refractivity contribution in [1.82, 2.24) is 4.90 Å². The first-order valence-electron chi connectivity index (χ1n) is 6.38. The molecule has 0 saturated carbocycles. The smallest absolute Gasteiger partial charge is 0.222 e. The SMILES string of the molecule is COCCN1CC(C(N)=O)C(c2cccc(F)c2)C1. The van der Waals surface area contributed by atoms with E-state index >= 15 is 0 Å². The number of halogens is 1. The number of hydrogen-bond acceptors (Lipinski definition) is 3. The van der Waals surface area contributed by atoms with E-state index in [4.69, 9.17) is 10.5 Å². The second-order valence-electron chi connectivity index (χ2n) is 4.92. The highest BCUT2D eigenvalue weighted by Gasteiger charge is 2.37. The van der Waals surface area contributed by atoms with Gasteiger partial charge in [0.1, 0.15) is 5.82 Å². The summed E-state index contributed by atoms with van der Waals surface area (Å²) in [6.07, 6.45) is 0. The van der Waals surface area contributed by atoms with Crippen molar-refractivity contribution in [2.75, 3.05) is 33.4 Å². The van der Waals surface area contributed by atoms with Gasteiger partial charge in [-0.2, -0.15) is 0 Å². The van der Waals surface area contributed by atoms with Crippen molar-refractivity contribution in [3.05, 3.63) is 35.6 Å². The molecule has 19 heavy (non-hydrogen) atoms. The first kappa shape index (κ1) is 14.0. The van der Waals surface area contributed by atoms with Gasteiger partial charge in [0.05, 0.1) is 12.5 Å². The molecule has 2 rings (SSSR count). The van der Waals surface area contributed by atoms with Crippen molar-refractivity contribution < 1.29 is 13.9 Å². The number of benzene rings is 1. The molecule has 0 radical (unpaired) electrons. The third-order valence-corrected chi connectivity index (χ3v) is 3.65. The lowest BCUT2D eigenvalue weighted by Crippen LogP contribution is -2.30. The molecule has 1 aromatic carbocycles. The van der Waals surface area contributed by atoms with Gasteiger partial charge in [0, 0.05) is 32.7 Å². The summed E-state index contributed by atoms with van der Waals surface area (Å²) in [4.78, 5) is 13.7. The van der Waals surface area contributed by atoms with Crippen molar-refractivity contribution in [3.8, 4) is 0 Å². The van der Waals surface area contributed by atoms with Crippen LogP contribution in [0, 0.1) is 11.7 Å². The fourth-order valence-corrected chi connectivity index (χ4v) is 2.65. The monoisotopic (exact) mass is 266 g/mol. The highest BCUT2D eigenvalue weighted by atomic mass is 19.1. The number of nitrogens with zero attached hydrogens (tertiary/aromatic N) is 1. The van der Waals surface area contributed by atoms with E-state index in [1.54, 1.807) is 13.2 Å². The van der Waals surface area contributed by atoms with Crippen LogP contribution in [0.4, 0.5) is 4.39 Å². The number of carbonyl (C=O) groups excluding carboxylic acids is 1. The molecule has 0 aromatic heterocycles. The number of hydrogen-bond donors (Lipinski definition) is 1. The van der Waals surface area contributed by atoms with E-state index in [1.165, 1.54) is 12.1 Å². The molecule has 1 fully saturated rings. The van der Waals surface area contributed by atoms with Crippen LogP contribution in [0.1, 0.15) is 11.5 Å². The van der Waals surface area contributed by atoms with E-state index in [0.29, 0.717) is 19.7 Å². The first-order chi connectivity index (χ1) is 9.11. The summed E-state index contributed by atoms with van der Waals surface area (Å²) in [5, 5.41) is 0. The summed E-state index contributed by atoms with van der Waals surface area (Å²) in [5.41, 5.74) is 6.30. The molecular weight excluding hydrogens is 247 g/mol. The quantitative estimate of drug-likeness (QED) is 0.864. The molecule has 0 spiro atoms. The van der Waals surface area contributed by atoms with E-state index in [0.717, 1.165) is 12.1 Å². The highest BCUT2D eigenvalue weighted by Crippen LogP contribution is 2.32. The third kappa shape index (κ3) is 3.30. The van der Waals surface area contributed by atoms with Crippen molar-refractivity contribution in [3.63, 3.8) is 0 Å². The Morgan fingerprint density at radius 1 is 1.53 bits per heavy atom. The lowest BCUT2D eigenvalue weighted by molar-refractivity contribution is -0.121. The van der Waals surface area contributed by atoms with Crippen LogP contribution in [-0.2, 0) is 9.53 Å². The van der Waals surface area contributed by atoms with Gasteiger partial charge >= 0.3 is 0 Å². The Hall–Kier alpha value is -1.46. The Morgan fingerprint density at radius 3 is 2.95 bits per heavy atom. The van der Waals surface area contributed by atoms with Gasteiger partial charge in [0.25, 0.3) is 0 Å². The van der Waals surface area contributed by atoms with Crippen LogP contribution < -0.4 is 5.73 Å². The molecular formula is C14H19FN2O2. The average Bonchev–Trinajstić information content (AvgIpc) is 2.80. The van der Waals surface area contributed by atoms with Gasteiger partial charge in [-0.3, -0.25) is 9.69 Å². The molecule has 2 unspecified atom stereocenters. The van der Waals surface area contributed by atoms with Gasteiger partial charge in [-0.1, -0.05) is 12.1 Å². The van der Waals surface area contributed by atoms with Crippen LogP contribution in [0.25, 0.3) is 0 Å². The van der Waals surface area contributed by atoms with Gasteiger partial charge in [-0.05, 0) is 17.7 Å². The molecule has 1 saturated heterocycles. The third-order valence-electron chi connectivity index (χ3n) is 3.65. The predicted molar refractivity (Wildman–Crippen MR) is 70.1 cm³/mol. The molecule has 0 bridgehead atoms. The van der Waals surface area contributed by atoms with Crippen molar-refractivity contribution >= 4 is 5.91 Å². The van der Waals surface area contributed by atoms with Crippen molar-refractivity contribution in [2.24, 2.45) is 11.7 Å². The van der Waals surface area contributed by atoms with Crippen LogP contribution in [0.2, 0.25) is 0 Å². The summed E-state index contributed by atoms with van der Waals surface area (Å²) in [5.74, 6) is -0.908. The Kier molecular flexibility index (Phi) is 4.50. The Labute approximate surface area is 112 Å². The molecule has 1 aromatic rings. The Morgan fingerprint density at radius 2 is 2.32 bits per heavy atom. The summed E-state index contributed by atoms with van der Waals surface area (Å²) >= 11 is 0. The predicted octanol–water partition coefficient (Wildman–Crippen LogP) is 0.973. The van der Waals surface area contributed by atoms with E-state index in [9.17, 15) is 9.18 Å². The molecule has 5 heteroatoms. The second kappa shape index (κ2) is 6.12. The number of rotatable bonds is 5. The number of amides is 1. The van der Waals surface area contributed by atoms with Crippen LogP contribution in [-0.4, -0.2) is 44.2 Å². The van der Waals surface area contributed by atoms with Crippen LogP contribution in [0.3, 0.4) is 0 Å². The summed E-state index contributed by atoms with van der Waals surface area (Å²) in [7, 11) is 1.64. The zero-order chi connectivity index (χ0) is 13.8. The normalized spacial score (nSPS) is 23.7. The maximum atomic E-state index is 13.3. The minimum atomic E-state index is -0.325. The van der Waals surface area contributed by atoms with Crippen molar-refractivity contribution in [1.29, 1.82) is 0 Å². The molecule has 1 heterocycles. The lowest BCUT2D eigenvalue weighted by atomic mass is 9.88. The summed E-state index contributed by atoms with van der Waals surface area (Å²) < 4.78 is 18.3. The molecule has 1 aliphatic heterocycles. The van der Waals surface area contributed by atoms with Crippen LogP contribution >= 0.6 is 0 Å². The maximum absolute atomic E-state index is 13.3. The van der Waals surface area contributed by atoms with E-state index in [2.05, 4.69) is 4.90 Å². The zero-order valence-electron chi connectivity index (χ0n) is 11.0. The van der Waals surface area contributed by atoms with Gasteiger partial charge in [0.15, 0.2) is 0 Å². The molecule has 1 aliphatic rings. The fraction of sp³-hybridized carbons (Fsp3) is 0.500. The Bertz CT molecular complexity index is 453. The number of methoxy groups -OCH3 is 1. The number of nitrogens with two attached hydrogens (primary N) is 1. The van der Waals surface area contributed by atoms with Gasteiger partial charge in [-0.15, -0.1) is 0 Å². The highest BCUT2D eigenvalue weighted by molar-refractivity contribution is 5.78. The summed E-state index contributed by atoms with van der Waals surface area (Å²) in [6, 6.07) is 6.41. The van der Waals surface area contributed by atoms with E-state index in [-0.39, 0.29) is 23.6 Å². The van der Waals surface area contributed by atoms with E-state index in [1.807, 2.05) is 6.07 Å².